The molecule has 2 heterocycles. The highest BCUT2D eigenvalue weighted by Gasteiger charge is 2.37. The van der Waals surface area contributed by atoms with Gasteiger partial charge in [-0.3, -0.25) is 14.4 Å². The van der Waals surface area contributed by atoms with Gasteiger partial charge in [-0.05, 0) is 37.1 Å². The molecule has 0 saturated carbocycles. The maximum atomic E-state index is 12.3. The summed E-state index contributed by atoms with van der Waals surface area (Å²) < 4.78 is 0. The van der Waals surface area contributed by atoms with E-state index in [0.29, 0.717) is 25.1 Å². The second-order valence-electron chi connectivity index (χ2n) is 6.38. The fourth-order valence-electron chi connectivity index (χ4n) is 3.20. The van der Waals surface area contributed by atoms with Gasteiger partial charge in [0.15, 0.2) is 0 Å². The van der Waals surface area contributed by atoms with Crippen molar-refractivity contribution in [1.29, 1.82) is 0 Å². The first-order valence-corrected chi connectivity index (χ1v) is 8.19. The van der Waals surface area contributed by atoms with E-state index in [0.717, 1.165) is 18.5 Å². The van der Waals surface area contributed by atoms with Crippen molar-refractivity contribution < 1.29 is 14.4 Å². The highest BCUT2D eigenvalue weighted by molar-refractivity contribution is 5.99. The van der Waals surface area contributed by atoms with Gasteiger partial charge < -0.3 is 20.9 Å². The van der Waals surface area contributed by atoms with Crippen LogP contribution in [-0.2, 0) is 9.59 Å². The van der Waals surface area contributed by atoms with Crippen molar-refractivity contribution in [3.05, 3.63) is 29.8 Å². The van der Waals surface area contributed by atoms with E-state index in [4.69, 9.17) is 5.73 Å². The molecule has 128 valence electrons. The molecule has 0 spiro atoms. The monoisotopic (exact) mass is 330 g/mol. The SMILES string of the molecule is CN1CC(N)C(NC(=O)c2ccc(N3CCCCC3=O)cc2)C1=O. The van der Waals surface area contributed by atoms with Gasteiger partial charge in [-0.1, -0.05) is 0 Å². The summed E-state index contributed by atoms with van der Waals surface area (Å²) in [6.45, 7) is 1.14. The van der Waals surface area contributed by atoms with Gasteiger partial charge in [-0.15, -0.1) is 0 Å². The first kappa shape index (κ1) is 16.4. The largest absolute Gasteiger partial charge is 0.342 e. The summed E-state index contributed by atoms with van der Waals surface area (Å²) in [6, 6.07) is 5.77. The van der Waals surface area contributed by atoms with E-state index in [1.165, 1.54) is 4.90 Å². The van der Waals surface area contributed by atoms with Gasteiger partial charge in [0.1, 0.15) is 6.04 Å². The molecule has 1 aromatic carbocycles. The minimum atomic E-state index is -0.689. The Morgan fingerprint density at radius 3 is 2.50 bits per heavy atom. The van der Waals surface area contributed by atoms with Crippen molar-refractivity contribution in [2.24, 2.45) is 5.73 Å². The van der Waals surface area contributed by atoms with Crippen molar-refractivity contribution in [3.8, 4) is 0 Å². The molecule has 0 bridgehead atoms. The van der Waals surface area contributed by atoms with E-state index in [9.17, 15) is 14.4 Å². The Balaban J connectivity index is 1.68. The zero-order valence-corrected chi connectivity index (χ0v) is 13.7. The molecule has 7 heteroatoms. The second-order valence-corrected chi connectivity index (χ2v) is 6.38. The van der Waals surface area contributed by atoms with E-state index in [-0.39, 0.29) is 17.7 Å². The number of nitrogens with two attached hydrogens (primary N) is 1. The zero-order valence-electron chi connectivity index (χ0n) is 13.7. The third-order valence-electron chi connectivity index (χ3n) is 4.61. The van der Waals surface area contributed by atoms with E-state index in [1.807, 2.05) is 0 Å². The summed E-state index contributed by atoms with van der Waals surface area (Å²) in [5.74, 6) is -0.397. The van der Waals surface area contributed by atoms with Gasteiger partial charge in [-0.2, -0.15) is 0 Å². The molecule has 2 aliphatic rings. The van der Waals surface area contributed by atoms with E-state index >= 15 is 0 Å². The Morgan fingerprint density at radius 2 is 1.92 bits per heavy atom. The summed E-state index contributed by atoms with van der Waals surface area (Å²) in [6.07, 6.45) is 2.49. The van der Waals surface area contributed by atoms with Crippen molar-refractivity contribution >= 4 is 23.4 Å². The topological polar surface area (TPSA) is 95.7 Å². The molecule has 0 radical (unpaired) electrons. The van der Waals surface area contributed by atoms with Gasteiger partial charge >= 0.3 is 0 Å². The predicted molar refractivity (Wildman–Crippen MR) is 89.5 cm³/mol. The first-order chi connectivity index (χ1) is 11.5. The van der Waals surface area contributed by atoms with Crippen molar-refractivity contribution in [2.75, 3.05) is 25.0 Å². The summed E-state index contributed by atoms with van der Waals surface area (Å²) in [7, 11) is 1.67. The third-order valence-corrected chi connectivity index (χ3v) is 4.61. The number of anilines is 1. The van der Waals surface area contributed by atoms with Crippen LogP contribution in [0.5, 0.6) is 0 Å². The molecule has 24 heavy (non-hydrogen) atoms. The van der Waals surface area contributed by atoms with E-state index in [2.05, 4.69) is 5.32 Å². The Bertz CT molecular complexity index is 658. The maximum absolute atomic E-state index is 12.3. The molecule has 0 aromatic heterocycles. The summed E-state index contributed by atoms with van der Waals surface area (Å²) in [4.78, 5) is 39.5. The predicted octanol–water partition coefficient (Wildman–Crippen LogP) is 0.101. The average molecular weight is 330 g/mol. The Hall–Kier alpha value is -2.41. The van der Waals surface area contributed by atoms with Gasteiger partial charge in [0.25, 0.3) is 5.91 Å². The van der Waals surface area contributed by atoms with Crippen LogP contribution in [0.3, 0.4) is 0 Å². The number of piperidine rings is 1. The van der Waals surface area contributed by atoms with Crippen molar-refractivity contribution in [1.82, 2.24) is 10.2 Å². The van der Waals surface area contributed by atoms with Crippen LogP contribution in [0.2, 0.25) is 0 Å². The zero-order chi connectivity index (χ0) is 17.3. The van der Waals surface area contributed by atoms with Crippen LogP contribution in [-0.4, -0.2) is 54.8 Å². The lowest BCUT2D eigenvalue weighted by atomic mass is 10.1. The van der Waals surface area contributed by atoms with E-state index < -0.39 is 12.1 Å². The van der Waals surface area contributed by atoms with Crippen LogP contribution in [0.15, 0.2) is 24.3 Å². The summed E-state index contributed by atoms with van der Waals surface area (Å²) in [5, 5.41) is 2.70. The Kier molecular flexibility index (Phi) is 4.53. The van der Waals surface area contributed by atoms with Crippen molar-refractivity contribution in [3.63, 3.8) is 0 Å². The number of carbonyl (C=O) groups is 3. The number of hydrogen-bond acceptors (Lipinski definition) is 4. The molecule has 3 rings (SSSR count). The van der Waals surface area contributed by atoms with Crippen LogP contribution in [0, 0.1) is 0 Å². The fourth-order valence-corrected chi connectivity index (χ4v) is 3.20. The average Bonchev–Trinajstić information content (AvgIpc) is 2.82. The molecule has 1 aromatic rings. The van der Waals surface area contributed by atoms with Crippen LogP contribution in [0.1, 0.15) is 29.6 Å². The number of benzene rings is 1. The number of hydrogen-bond donors (Lipinski definition) is 2. The van der Waals surface area contributed by atoms with Gasteiger partial charge in [0, 0.05) is 37.8 Å². The lowest BCUT2D eigenvalue weighted by Gasteiger charge is -2.26. The number of likely N-dealkylation sites (N-methyl/N-ethyl adjacent to an activating group) is 1. The van der Waals surface area contributed by atoms with Crippen LogP contribution in [0.25, 0.3) is 0 Å². The van der Waals surface area contributed by atoms with Crippen LogP contribution >= 0.6 is 0 Å². The van der Waals surface area contributed by atoms with Gasteiger partial charge in [-0.25, -0.2) is 0 Å². The number of amides is 3. The van der Waals surface area contributed by atoms with Gasteiger partial charge in [0.2, 0.25) is 11.8 Å². The minimum absolute atomic E-state index is 0.115. The molecule has 2 saturated heterocycles. The number of rotatable bonds is 3. The minimum Gasteiger partial charge on any atom is -0.342 e. The molecule has 2 atom stereocenters. The highest BCUT2D eigenvalue weighted by atomic mass is 16.2. The molecular weight excluding hydrogens is 308 g/mol. The van der Waals surface area contributed by atoms with Gasteiger partial charge in [0.05, 0.1) is 6.04 Å². The molecule has 3 N–H and O–H groups in total. The molecule has 2 aliphatic heterocycles. The number of carbonyl (C=O) groups excluding carboxylic acids is 3. The molecule has 7 nitrogen and oxygen atoms in total. The quantitative estimate of drug-likeness (QED) is 0.822. The van der Waals surface area contributed by atoms with Crippen LogP contribution < -0.4 is 16.0 Å². The summed E-state index contributed by atoms with van der Waals surface area (Å²) in [5.41, 5.74) is 7.14. The molecular formula is C17H22N4O3. The van der Waals surface area contributed by atoms with Crippen LogP contribution in [0.4, 0.5) is 5.69 Å². The number of nitrogens with zero attached hydrogens (tertiary/aromatic N) is 2. The lowest BCUT2D eigenvalue weighted by Crippen LogP contribution is -2.48. The van der Waals surface area contributed by atoms with Crippen molar-refractivity contribution in [2.45, 2.75) is 31.3 Å². The Labute approximate surface area is 140 Å². The highest BCUT2D eigenvalue weighted by Crippen LogP contribution is 2.21. The smallest absolute Gasteiger partial charge is 0.251 e. The van der Waals surface area contributed by atoms with E-state index in [1.54, 1.807) is 36.2 Å². The second kappa shape index (κ2) is 6.60. The number of likely N-dealkylation sites (tertiary alicyclic amines) is 1. The Morgan fingerprint density at radius 1 is 1.21 bits per heavy atom. The first-order valence-electron chi connectivity index (χ1n) is 8.19. The fraction of sp³-hybridized carbons (Fsp3) is 0.471. The normalized spacial score (nSPS) is 24.4. The molecule has 2 unspecified atom stereocenters. The molecule has 2 fully saturated rings. The molecule has 0 aliphatic carbocycles. The summed E-state index contributed by atoms with van der Waals surface area (Å²) >= 11 is 0. The standard InChI is InChI=1S/C17H22N4O3/c1-20-10-13(18)15(17(20)24)19-16(23)11-5-7-12(8-6-11)21-9-3-2-4-14(21)22/h5-8,13,15H,2-4,9-10,18H2,1H3,(H,19,23). The number of nitrogens with one attached hydrogen (secondary N) is 1. The maximum Gasteiger partial charge on any atom is 0.251 e. The third kappa shape index (κ3) is 3.12. The lowest BCUT2D eigenvalue weighted by molar-refractivity contribution is -0.128. The molecule has 3 amide bonds.